The summed E-state index contributed by atoms with van der Waals surface area (Å²) in [6.07, 6.45) is 0.603. The number of benzene rings is 3. The van der Waals surface area contributed by atoms with E-state index in [1.807, 2.05) is 98.1 Å². The molecule has 0 radical (unpaired) electrons. The summed E-state index contributed by atoms with van der Waals surface area (Å²) in [7, 11) is 1.34. The zero-order chi connectivity index (χ0) is 27.8. The van der Waals surface area contributed by atoms with Crippen molar-refractivity contribution in [1.82, 2.24) is 0 Å². The molecule has 1 amide bonds. The van der Waals surface area contributed by atoms with E-state index in [4.69, 9.17) is 17.0 Å². The Kier molecular flexibility index (Phi) is 9.75. The van der Waals surface area contributed by atoms with Gasteiger partial charge in [0.1, 0.15) is 10.6 Å². The highest BCUT2D eigenvalue weighted by molar-refractivity contribution is 8.00. The van der Waals surface area contributed by atoms with Gasteiger partial charge in [0.2, 0.25) is 5.91 Å². The standard InChI is InChI=1S/C30H29N3O3S3/c1-4-25(39-23-12-8-11-22(17-23)32-30(37)31-21-9-6-5-7-10-21)27(34)33-28-26(29(35)36-3)24(18-38-28)20-15-13-19(2)14-16-20/h5-18,25H,4H2,1-3H3,(H,33,34)(H2,31,32,37). The number of methoxy groups -OCH3 is 1. The molecule has 4 aromatic rings. The lowest BCUT2D eigenvalue weighted by molar-refractivity contribution is -0.115. The first-order chi connectivity index (χ1) is 18.9. The lowest BCUT2D eigenvalue weighted by Crippen LogP contribution is -2.25. The van der Waals surface area contributed by atoms with Crippen LogP contribution in [0.3, 0.4) is 0 Å². The van der Waals surface area contributed by atoms with Gasteiger partial charge in [-0.05, 0) is 61.5 Å². The van der Waals surface area contributed by atoms with Gasteiger partial charge in [-0.1, -0.05) is 61.0 Å². The first-order valence-corrected chi connectivity index (χ1v) is 14.5. The van der Waals surface area contributed by atoms with Crippen molar-refractivity contribution in [2.24, 2.45) is 0 Å². The van der Waals surface area contributed by atoms with E-state index in [9.17, 15) is 9.59 Å². The summed E-state index contributed by atoms with van der Waals surface area (Å²) in [4.78, 5) is 27.0. The molecule has 0 bridgehead atoms. The highest BCUT2D eigenvalue weighted by atomic mass is 32.2. The summed E-state index contributed by atoms with van der Waals surface area (Å²) in [5.74, 6) is -0.661. The van der Waals surface area contributed by atoms with Gasteiger partial charge in [-0.2, -0.15) is 0 Å². The maximum absolute atomic E-state index is 13.3. The number of esters is 1. The van der Waals surface area contributed by atoms with E-state index in [1.165, 1.54) is 30.2 Å². The summed E-state index contributed by atoms with van der Waals surface area (Å²) < 4.78 is 5.06. The molecule has 0 aliphatic heterocycles. The SMILES string of the molecule is CCC(Sc1cccc(NC(=S)Nc2ccccc2)c1)C(=O)Nc1scc(-c2ccc(C)cc2)c1C(=O)OC. The van der Waals surface area contributed by atoms with Crippen LogP contribution in [-0.4, -0.2) is 29.3 Å². The molecule has 39 heavy (non-hydrogen) atoms. The van der Waals surface area contributed by atoms with Gasteiger partial charge in [0.15, 0.2) is 5.11 Å². The molecule has 6 nitrogen and oxygen atoms in total. The van der Waals surface area contributed by atoms with Crippen LogP contribution in [0.4, 0.5) is 16.4 Å². The number of hydrogen-bond acceptors (Lipinski definition) is 6. The van der Waals surface area contributed by atoms with Crippen molar-refractivity contribution in [1.29, 1.82) is 0 Å². The number of aryl methyl sites for hydroxylation is 1. The molecule has 1 atom stereocenters. The number of carbonyl (C=O) groups is 2. The Hall–Kier alpha value is -3.66. The number of hydrogen-bond donors (Lipinski definition) is 3. The van der Waals surface area contributed by atoms with Crippen LogP contribution >= 0.6 is 35.3 Å². The highest BCUT2D eigenvalue weighted by Gasteiger charge is 2.25. The normalized spacial score (nSPS) is 11.4. The molecule has 200 valence electrons. The van der Waals surface area contributed by atoms with Crippen LogP contribution in [0, 0.1) is 6.92 Å². The monoisotopic (exact) mass is 575 g/mol. The number of para-hydroxylation sites is 1. The Morgan fingerprint density at radius 3 is 2.33 bits per heavy atom. The van der Waals surface area contributed by atoms with Crippen molar-refractivity contribution in [2.45, 2.75) is 30.4 Å². The molecule has 0 saturated heterocycles. The van der Waals surface area contributed by atoms with Gasteiger partial charge in [0.25, 0.3) is 0 Å². The molecule has 4 rings (SSSR count). The molecule has 3 N–H and O–H groups in total. The summed E-state index contributed by atoms with van der Waals surface area (Å²) in [6.45, 7) is 3.97. The van der Waals surface area contributed by atoms with Crippen LogP contribution in [0.2, 0.25) is 0 Å². The van der Waals surface area contributed by atoms with Crippen LogP contribution in [0.5, 0.6) is 0 Å². The molecule has 0 fully saturated rings. The molecule has 3 aromatic carbocycles. The van der Waals surface area contributed by atoms with Gasteiger partial charge >= 0.3 is 5.97 Å². The minimum atomic E-state index is -0.485. The fourth-order valence-electron chi connectivity index (χ4n) is 3.84. The van der Waals surface area contributed by atoms with Gasteiger partial charge in [-0.15, -0.1) is 23.1 Å². The maximum Gasteiger partial charge on any atom is 0.341 e. The number of amides is 1. The highest BCUT2D eigenvalue weighted by Crippen LogP contribution is 2.37. The van der Waals surface area contributed by atoms with E-state index in [-0.39, 0.29) is 11.2 Å². The molecular formula is C30H29N3O3S3. The van der Waals surface area contributed by atoms with Crippen LogP contribution in [0.25, 0.3) is 11.1 Å². The number of ether oxygens (including phenoxy) is 1. The minimum absolute atomic E-state index is 0.176. The number of thioether (sulfide) groups is 1. The Labute approximate surface area is 242 Å². The topological polar surface area (TPSA) is 79.5 Å². The molecule has 0 aliphatic rings. The predicted molar refractivity (Wildman–Crippen MR) is 167 cm³/mol. The number of anilines is 3. The second-order valence-electron chi connectivity index (χ2n) is 8.69. The van der Waals surface area contributed by atoms with Crippen LogP contribution in [-0.2, 0) is 9.53 Å². The molecule has 0 saturated carbocycles. The van der Waals surface area contributed by atoms with Gasteiger partial charge in [0.05, 0.1) is 12.4 Å². The molecular weight excluding hydrogens is 547 g/mol. The predicted octanol–water partition coefficient (Wildman–Crippen LogP) is 7.83. The van der Waals surface area contributed by atoms with Crippen molar-refractivity contribution in [3.63, 3.8) is 0 Å². The average Bonchev–Trinajstić information content (AvgIpc) is 3.35. The fraction of sp³-hybridized carbons (Fsp3) is 0.167. The van der Waals surface area contributed by atoms with Crippen LogP contribution in [0.15, 0.2) is 89.1 Å². The first-order valence-electron chi connectivity index (χ1n) is 12.4. The van der Waals surface area contributed by atoms with Crippen molar-refractivity contribution >= 4 is 68.7 Å². The van der Waals surface area contributed by atoms with Gasteiger partial charge < -0.3 is 20.7 Å². The summed E-state index contributed by atoms with van der Waals surface area (Å²) >= 11 is 8.22. The van der Waals surface area contributed by atoms with Crippen molar-refractivity contribution in [3.05, 3.63) is 95.4 Å². The Balaban J connectivity index is 1.46. The molecule has 9 heteroatoms. The maximum atomic E-state index is 13.3. The Morgan fingerprint density at radius 1 is 0.949 bits per heavy atom. The Morgan fingerprint density at radius 2 is 1.64 bits per heavy atom. The fourth-order valence-corrected chi connectivity index (χ4v) is 6.05. The first kappa shape index (κ1) is 28.4. The van der Waals surface area contributed by atoms with Gasteiger partial charge in [-0.3, -0.25) is 4.79 Å². The second-order valence-corrected chi connectivity index (χ2v) is 11.3. The third kappa shape index (κ3) is 7.47. The minimum Gasteiger partial charge on any atom is -0.465 e. The molecule has 1 unspecified atom stereocenters. The third-order valence-electron chi connectivity index (χ3n) is 5.84. The van der Waals surface area contributed by atoms with Crippen molar-refractivity contribution < 1.29 is 14.3 Å². The molecule has 1 aromatic heterocycles. The Bertz CT molecular complexity index is 1450. The molecule has 0 aliphatic carbocycles. The largest absolute Gasteiger partial charge is 0.465 e. The van der Waals surface area contributed by atoms with Crippen LogP contribution < -0.4 is 16.0 Å². The van der Waals surface area contributed by atoms with Crippen molar-refractivity contribution in [3.8, 4) is 11.1 Å². The lowest BCUT2D eigenvalue weighted by Gasteiger charge is -2.16. The zero-order valence-electron chi connectivity index (χ0n) is 21.8. The number of nitrogens with one attached hydrogen (secondary N) is 3. The van der Waals surface area contributed by atoms with E-state index in [0.29, 0.717) is 22.1 Å². The number of carbonyl (C=O) groups excluding carboxylic acids is 2. The van der Waals surface area contributed by atoms with Crippen molar-refractivity contribution in [2.75, 3.05) is 23.1 Å². The third-order valence-corrected chi connectivity index (χ3v) is 8.30. The van der Waals surface area contributed by atoms with Gasteiger partial charge in [-0.25, -0.2) is 4.79 Å². The van der Waals surface area contributed by atoms with E-state index in [2.05, 4.69) is 16.0 Å². The average molecular weight is 576 g/mol. The van der Waals surface area contributed by atoms with E-state index in [1.54, 1.807) is 0 Å². The summed E-state index contributed by atoms with van der Waals surface area (Å²) in [6, 6.07) is 25.4. The van der Waals surface area contributed by atoms with E-state index in [0.717, 1.165) is 33.0 Å². The smallest absolute Gasteiger partial charge is 0.341 e. The second kappa shape index (κ2) is 13.4. The van der Waals surface area contributed by atoms with Crippen LogP contribution in [0.1, 0.15) is 29.3 Å². The van der Waals surface area contributed by atoms with E-state index < -0.39 is 5.97 Å². The zero-order valence-corrected chi connectivity index (χ0v) is 24.3. The number of thiocarbonyl (C=S) groups is 1. The molecule has 0 spiro atoms. The lowest BCUT2D eigenvalue weighted by atomic mass is 10.0. The van der Waals surface area contributed by atoms with E-state index >= 15 is 0 Å². The number of thiophene rings is 1. The molecule has 1 heterocycles. The quantitative estimate of drug-likeness (QED) is 0.107. The summed E-state index contributed by atoms with van der Waals surface area (Å²) in [5, 5.41) is 11.8. The summed E-state index contributed by atoms with van der Waals surface area (Å²) in [5.41, 5.74) is 4.83. The number of rotatable bonds is 9. The van der Waals surface area contributed by atoms with Gasteiger partial charge in [0, 0.05) is 27.2 Å².